The van der Waals surface area contributed by atoms with Crippen molar-refractivity contribution in [1.29, 1.82) is 0 Å². The van der Waals surface area contributed by atoms with Crippen LogP contribution in [0.4, 0.5) is 0 Å². The summed E-state index contributed by atoms with van der Waals surface area (Å²) < 4.78 is 7.71. The maximum absolute atomic E-state index is 13.0. The van der Waals surface area contributed by atoms with E-state index >= 15 is 0 Å². The second-order valence-electron chi connectivity index (χ2n) is 6.62. The largest absolute Gasteiger partial charge is 0.374 e. The molecule has 1 aromatic heterocycles. The second-order valence-corrected chi connectivity index (χ2v) is 6.62. The molecule has 6 heteroatoms. The first-order chi connectivity index (χ1) is 14.0. The van der Waals surface area contributed by atoms with Crippen molar-refractivity contribution >= 4 is 5.91 Å². The molecular formula is C23H22N2O4. The van der Waals surface area contributed by atoms with E-state index in [1.54, 1.807) is 43.3 Å². The van der Waals surface area contributed by atoms with Gasteiger partial charge in [0.1, 0.15) is 0 Å². The number of ether oxygens (including phenoxy) is 1. The average molecular weight is 390 g/mol. The molecule has 0 aliphatic rings. The Bertz CT molecular complexity index is 1120. The smallest absolute Gasteiger partial charge is 0.338 e. The molecule has 2 aromatic carbocycles. The highest BCUT2D eigenvalue weighted by Crippen LogP contribution is 2.09. The number of hydrogen-bond acceptors (Lipinski definition) is 4. The van der Waals surface area contributed by atoms with Crippen LogP contribution in [0.15, 0.2) is 89.1 Å². The lowest BCUT2D eigenvalue weighted by atomic mass is 10.2. The molecule has 0 spiro atoms. The SMILES string of the molecule is C=C[C@@H](COCc1ccccc1)n1cc(C)c(=O)n(C(=O)c2ccccc2)c1=O. The van der Waals surface area contributed by atoms with Crippen LogP contribution >= 0.6 is 0 Å². The van der Waals surface area contributed by atoms with Crippen LogP contribution in [-0.4, -0.2) is 21.6 Å². The summed E-state index contributed by atoms with van der Waals surface area (Å²) >= 11 is 0. The van der Waals surface area contributed by atoms with Crippen molar-refractivity contribution in [2.45, 2.75) is 19.6 Å². The van der Waals surface area contributed by atoms with Gasteiger partial charge in [0.15, 0.2) is 0 Å². The molecule has 29 heavy (non-hydrogen) atoms. The van der Waals surface area contributed by atoms with Crippen LogP contribution in [0.25, 0.3) is 0 Å². The van der Waals surface area contributed by atoms with Crippen molar-refractivity contribution in [3.63, 3.8) is 0 Å². The number of carbonyl (C=O) groups excluding carboxylic acids is 1. The monoisotopic (exact) mass is 390 g/mol. The maximum atomic E-state index is 13.0. The molecule has 0 aliphatic carbocycles. The zero-order chi connectivity index (χ0) is 20.8. The summed E-state index contributed by atoms with van der Waals surface area (Å²) in [5.74, 6) is -0.661. The van der Waals surface area contributed by atoms with Crippen LogP contribution in [-0.2, 0) is 11.3 Å². The van der Waals surface area contributed by atoms with Gasteiger partial charge < -0.3 is 4.74 Å². The van der Waals surface area contributed by atoms with Crippen molar-refractivity contribution in [2.75, 3.05) is 6.61 Å². The number of nitrogens with zero attached hydrogens (tertiary/aromatic N) is 2. The zero-order valence-corrected chi connectivity index (χ0v) is 16.2. The van der Waals surface area contributed by atoms with Crippen LogP contribution in [0.5, 0.6) is 0 Å². The Hall–Kier alpha value is -3.51. The Morgan fingerprint density at radius 2 is 1.69 bits per heavy atom. The van der Waals surface area contributed by atoms with Gasteiger partial charge in [-0.15, -0.1) is 6.58 Å². The minimum atomic E-state index is -0.720. The predicted molar refractivity (Wildman–Crippen MR) is 111 cm³/mol. The van der Waals surface area contributed by atoms with Crippen molar-refractivity contribution in [3.8, 4) is 0 Å². The molecule has 1 heterocycles. The summed E-state index contributed by atoms with van der Waals surface area (Å²) in [6, 6.07) is 17.4. The minimum Gasteiger partial charge on any atom is -0.374 e. The van der Waals surface area contributed by atoms with Crippen molar-refractivity contribution in [2.24, 2.45) is 0 Å². The quantitative estimate of drug-likeness (QED) is 0.582. The van der Waals surface area contributed by atoms with Gasteiger partial charge in [-0.3, -0.25) is 14.2 Å². The van der Waals surface area contributed by atoms with Crippen LogP contribution in [0.1, 0.15) is 27.5 Å². The fourth-order valence-electron chi connectivity index (χ4n) is 2.96. The first kappa shape index (κ1) is 20.2. The lowest BCUT2D eigenvalue weighted by molar-refractivity contribution is 0.0925. The molecule has 0 fully saturated rings. The molecule has 0 amide bonds. The Kier molecular flexibility index (Phi) is 6.36. The number of hydrogen-bond donors (Lipinski definition) is 0. The second kappa shape index (κ2) is 9.12. The number of carbonyl (C=O) groups is 1. The summed E-state index contributed by atoms with van der Waals surface area (Å²) in [6.45, 7) is 5.90. The summed E-state index contributed by atoms with van der Waals surface area (Å²) in [7, 11) is 0. The van der Waals surface area contributed by atoms with Crippen molar-refractivity contribution in [3.05, 3.63) is 117 Å². The lowest BCUT2D eigenvalue weighted by Crippen LogP contribution is -2.45. The van der Waals surface area contributed by atoms with Gasteiger partial charge in [0, 0.05) is 17.3 Å². The number of benzene rings is 2. The summed E-state index contributed by atoms with van der Waals surface area (Å²) in [5, 5.41) is 0. The Morgan fingerprint density at radius 1 is 1.07 bits per heavy atom. The van der Waals surface area contributed by atoms with Crippen LogP contribution in [0.3, 0.4) is 0 Å². The maximum Gasteiger partial charge on any atom is 0.338 e. The molecule has 0 unspecified atom stereocenters. The van der Waals surface area contributed by atoms with E-state index < -0.39 is 23.2 Å². The van der Waals surface area contributed by atoms with Gasteiger partial charge in [-0.05, 0) is 24.6 Å². The van der Waals surface area contributed by atoms with E-state index in [1.165, 1.54) is 10.8 Å². The predicted octanol–water partition coefficient (Wildman–Crippen LogP) is 2.95. The molecule has 0 bridgehead atoms. The van der Waals surface area contributed by atoms with E-state index in [2.05, 4.69) is 6.58 Å². The average Bonchev–Trinajstić information content (AvgIpc) is 2.75. The van der Waals surface area contributed by atoms with Gasteiger partial charge in [0.25, 0.3) is 11.5 Å². The third kappa shape index (κ3) is 4.50. The van der Waals surface area contributed by atoms with Crippen LogP contribution in [0, 0.1) is 6.92 Å². The van der Waals surface area contributed by atoms with Gasteiger partial charge in [0.05, 0.1) is 19.3 Å². The normalized spacial score (nSPS) is 11.8. The van der Waals surface area contributed by atoms with Crippen molar-refractivity contribution < 1.29 is 9.53 Å². The summed E-state index contributed by atoms with van der Waals surface area (Å²) in [6.07, 6.45) is 3.01. The van der Waals surface area contributed by atoms with Gasteiger partial charge in [0.2, 0.25) is 0 Å². The highest BCUT2D eigenvalue weighted by Gasteiger charge is 2.20. The fraction of sp³-hybridized carbons (Fsp3) is 0.174. The lowest BCUT2D eigenvalue weighted by Gasteiger charge is -2.18. The third-order valence-corrected chi connectivity index (χ3v) is 4.54. The van der Waals surface area contributed by atoms with E-state index in [0.717, 1.165) is 5.56 Å². The molecule has 0 saturated heterocycles. The number of rotatable bonds is 7. The molecule has 0 aliphatic heterocycles. The molecule has 3 rings (SSSR count). The zero-order valence-electron chi connectivity index (χ0n) is 16.2. The van der Waals surface area contributed by atoms with Gasteiger partial charge in [-0.25, -0.2) is 4.79 Å². The molecule has 1 atom stereocenters. The molecule has 0 N–H and O–H groups in total. The van der Waals surface area contributed by atoms with Gasteiger partial charge >= 0.3 is 5.69 Å². The van der Waals surface area contributed by atoms with E-state index in [1.807, 2.05) is 30.3 Å². The number of aromatic nitrogens is 2. The minimum absolute atomic E-state index is 0.176. The molecular weight excluding hydrogens is 368 g/mol. The van der Waals surface area contributed by atoms with E-state index in [-0.39, 0.29) is 17.7 Å². The number of aryl methyl sites for hydroxylation is 1. The molecule has 3 aromatic rings. The van der Waals surface area contributed by atoms with E-state index in [0.29, 0.717) is 11.2 Å². The summed E-state index contributed by atoms with van der Waals surface area (Å²) in [4.78, 5) is 38.3. The first-order valence-electron chi connectivity index (χ1n) is 9.21. The fourth-order valence-corrected chi connectivity index (χ4v) is 2.96. The van der Waals surface area contributed by atoms with E-state index in [4.69, 9.17) is 4.74 Å². The molecule has 148 valence electrons. The molecule has 0 radical (unpaired) electrons. The Morgan fingerprint density at radius 3 is 2.31 bits per heavy atom. The topological polar surface area (TPSA) is 70.3 Å². The highest BCUT2D eigenvalue weighted by molar-refractivity contribution is 5.95. The van der Waals surface area contributed by atoms with Crippen LogP contribution in [0.2, 0.25) is 0 Å². The molecule has 0 saturated carbocycles. The third-order valence-electron chi connectivity index (χ3n) is 4.54. The Labute approximate surface area is 168 Å². The van der Waals surface area contributed by atoms with E-state index in [9.17, 15) is 14.4 Å². The van der Waals surface area contributed by atoms with Crippen molar-refractivity contribution in [1.82, 2.24) is 9.13 Å². The highest BCUT2D eigenvalue weighted by atomic mass is 16.5. The van der Waals surface area contributed by atoms with Gasteiger partial charge in [-0.1, -0.05) is 54.6 Å². The molecule has 6 nitrogen and oxygen atoms in total. The standard InChI is InChI=1S/C23H22N2O4/c1-3-20(16-29-15-18-10-6-4-7-11-18)24-14-17(2)21(26)25(23(24)28)22(27)19-12-8-5-9-13-19/h3-14,20H,1,15-16H2,2H3/t20-/m0/s1. The summed E-state index contributed by atoms with van der Waals surface area (Å²) in [5.41, 5.74) is 0.196. The Balaban J connectivity index is 1.91. The van der Waals surface area contributed by atoms with Gasteiger partial charge in [-0.2, -0.15) is 4.57 Å². The first-order valence-corrected chi connectivity index (χ1v) is 9.21. The van der Waals surface area contributed by atoms with Crippen LogP contribution < -0.4 is 11.2 Å².